The van der Waals surface area contributed by atoms with E-state index in [-0.39, 0.29) is 23.6 Å². The van der Waals surface area contributed by atoms with E-state index < -0.39 is 0 Å². The number of carbonyl (C=O) groups excluding carboxylic acids is 2. The number of carbonyl (C=O) groups is 2. The molecule has 1 unspecified atom stereocenters. The van der Waals surface area contributed by atoms with Crippen LogP contribution in [0.15, 0.2) is 53.7 Å². The molecule has 0 saturated heterocycles. The van der Waals surface area contributed by atoms with Crippen LogP contribution >= 0.6 is 11.8 Å². The van der Waals surface area contributed by atoms with Crippen LogP contribution in [-0.4, -0.2) is 39.4 Å². The van der Waals surface area contributed by atoms with E-state index in [1.54, 1.807) is 31.4 Å². The van der Waals surface area contributed by atoms with Gasteiger partial charge >= 0.3 is 0 Å². The molecular formula is C23H27N5O3S. The summed E-state index contributed by atoms with van der Waals surface area (Å²) in [6.07, 6.45) is 0. The average molecular weight is 454 g/mol. The van der Waals surface area contributed by atoms with Gasteiger partial charge in [-0.25, -0.2) is 0 Å². The summed E-state index contributed by atoms with van der Waals surface area (Å²) in [6.45, 7) is 6.43. The van der Waals surface area contributed by atoms with Gasteiger partial charge in [-0.05, 0) is 62.7 Å². The first-order valence-corrected chi connectivity index (χ1v) is 11.3. The van der Waals surface area contributed by atoms with E-state index in [2.05, 4.69) is 20.8 Å². The number of anilines is 1. The number of hydrogen-bond donors (Lipinski definition) is 2. The quantitative estimate of drug-likeness (QED) is 0.478. The van der Waals surface area contributed by atoms with E-state index >= 15 is 0 Å². The Bertz CT molecular complexity index is 1080. The Morgan fingerprint density at radius 2 is 1.91 bits per heavy atom. The van der Waals surface area contributed by atoms with Crippen LogP contribution in [0, 0.1) is 6.92 Å². The lowest BCUT2D eigenvalue weighted by atomic mass is 10.2. The summed E-state index contributed by atoms with van der Waals surface area (Å²) in [5, 5.41) is 15.0. The summed E-state index contributed by atoms with van der Waals surface area (Å²) in [6, 6.07) is 14.2. The van der Waals surface area contributed by atoms with Crippen LogP contribution in [0.1, 0.15) is 41.6 Å². The Morgan fingerprint density at radius 3 is 2.56 bits per heavy atom. The SMILES string of the molecule is CCn1c(SCC(=O)Nc2cccc(C)c2)nnc1C(C)NC(=O)c1ccc(OC)cc1. The minimum atomic E-state index is -0.354. The Hall–Kier alpha value is -3.33. The smallest absolute Gasteiger partial charge is 0.251 e. The molecule has 0 saturated carbocycles. The van der Waals surface area contributed by atoms with Crippen molar-refractivity contribution in [2.24, 2.45) is 0 Å². The number of nitrogens with zero attached hydrogens (tertiary/aromatic N) is 3. The molecule has 2 N–H and O–H groups in total. The second-order valence-electron chi connectivity index (χ2n) is 7.22. The Balaban J connectivity index is 1.61. The van der Waals surface area contributed by atoms with Gasteiger partial charge in [-0.3, -0.25) is 9.59 Å². The summed E-state index contributed by atoms with van der Waals surface area (Å²) >= 11 is 1.31. The highest BCUT2D eigenvalue weighted by Crippen LogP contribution is 2.21. The molecule has 32 heavy (non-hydrogen) atoms. The summed E-state index contributed by atoms with van der Waals surface area (Å²) in [7, 11) is 1.58. The molecule has 0 bridgehead atoms. The molecule has 2 amide bonds. The van der Waals surface area contributed by atoms with Crippen molar-refractivity contribution in [1.29, 1.82) is 0 Å². The van der Waals surface area contributed by atoms with E-state index in [1.165, 1.54) is 11.8 Å². The highest BCUT2D eigenvalue weighted by atomic mass is 32.2. The van der Waals surface area contributed by atoms with Gasteiger partial charge in [0.1, 0.15) is 5.75 Å². The number of methoxy groups -OCH3 is 1. The number of aromatic nitrogens is 3. The van der Waals surface area contributed by atoms with Crippen molar-refractivity contribution >= 4 is 29.3 Å². The molecule has 2 aromatic carbocycles. The highest BCUT2D eigenvalue weighted by Gasteiger charge is 2.20. The summed E-state index contributed by atoms with van der Waals surface area (Å²) in [5.74, 6) is 1.20. The van der Waals surface area contributed by atoms with Gasteiger partial charge in [-0.1, -0.05) is 23.9 Å². The van der Waals surface area contributed by atoms with Gasteiger partial charge in [0.25, 0.3) is 5.91 Å². The molecule has 3 rings (SSSR count). The fraction of sp³-hybridized carbons (Fsp3) is 0.304. The monoisotopic (exact) mass is 453 g/mol. The first kappa shape index (κ1) is 23.3. The third kappa shape index (κ3) is 5.88. The summed E-state index contributed by atoms with van der Waals surface area (Å²) in [4.78, 5) is 24.9. The minimum absolute atomic E-state index is 0.117. The lowest BCUT2D eigenvalue weighted by molar-refractivity contribution is -0.113. The standard InChI is InChI=1S/C23H27N5O3S/c1-5-28-21(16(3)24-22(30)17-9-11-19(31-4)12-10-17)26-27-23(28)32-14-20(29)25-18-8-6-7-15(2)13-18/h6-13,16H,5,14H2,1-4H3,(H,24,30)(H,25,29). The van der Waals surface area contributed by atoms with Crippen molar-refractivity contribution in [2.45, 2.75) is 38.5 Å². The maximum atomic E-state index is 12.6. The zero-order valence-corrected chi connectivity index (χ0v) is 19.4. The van der Waals surface area contributed by atoms with Crippen molar-refractivity contribution in [3.05, 3.63) is 65.5 Å². The molecule has 1 atom stereocenters. The Kier molecular flexibility index (Phi) is 7.88. The van der Waals surface area contributed by atoms with E-state index in [4.69, 9.17) is 4.74 Å². The number of nitrogens with one attached hydrogen (secondary N) is 2. The van der Waals surface area contributed by atoms with E-state index in [0.29, 0.717) is 28.8 Å². The largest absolute Gasteiger partial charge is 0.497 e. The second-order valence-corrected chi connectivity index (χ2v) is 8.16. The van der Waals surface area contributed by atoms with E-state index in [1.807, 2.05) is 49.6 Å². The van der Waals surface area contributed by atoms with Gasteiger partial charge in [-0.15, -0.1) is 10.2 Å². The first-order chi connectivity index (χ1) is 15.4. The summed E-state index contributed by atoms with van der Waals surface area (Å²) in [5.41, 5.74) is 2.38. The van der Waals surface area contributed by atoms with Gasteiger partial charge in [0.15, 0.2) is 11.0 Å². The normalized spacial score (nSPS) is 11.6. The lowest BCUT2D eigenvalue weighted by Crippen LogP contribution is -2.28. The third-order valence-corrected chi connectivity index (χ3v) is 5.75. The molecule has 168 valence electrons. The number of rotatable bonds is 9. The van der Waals surface area contributed by atoms with Crippen molar-refractivity contribution in [3.8, 4) is 5.75 Å². The molecule has 1 heterocycles. The topological polar surface area (TPSA) is 98.1 Å². The second kappa shape index (κ2) is 10.8. The number of amides is 2. The van der Waals surface area contributed by atoms with E-state index in [0.717, 1.165) is 11.3 Å². The molecule has 0 spiro atoms. The molecule has 1 aromatic heterocycles. The third-order valence-electron chi connectivity index (χ3n) is 4.78. The predicted octanol–water partition coefficient (Wildman–Crippen LogP) is 3.84. The van der Waals surface area contributed by atoms with Gasteiger partial charge in [0.05, 0.1) is 18.9 Å². The first-order valence-electron chi connectivity index (χ1n) is 10.3. The minimum Gasteiger partial charge on any atom is -0.497 e. The number of ether oxygens (including phenoxy) is 1. The molecule has 0 fully saturated rings. The van der Waals surface area contributed by atoms with Crippen LogP contribution in [0.2, 0.25) is 0 Å². The maximum absolute atomic E-state index is 12.6. The fourth-order valence-electron chi connectivity index (χ4n) is 3.16. The van der Waals surface area contributed by atoms with Gasteiger partial charge < -0.3 is 19.9 Å². The molecule has 0 aliphatic heterocycles. The zero-order chi connectivity index (χ0) is 23.1. The molecular weight excluding hydrogens is 426 g/mol. The number of aryl methyl sites for hydroxylation is 1. The Morgan fingerprint density at radius 1 is 1.16 bits per heavy atom. The van der Waals surface area contributed by atoms with Crippen molar-refractivity contribution < 1.29 is 14.3 Å². The average Bonchev–Trinajstić information content (AvgIpc) is 3.21. The molecule has 8 nitrogen and oxygen atoms in total. The van der Waals surface area contributed by atoms with Crippen LogP contribution < -0.4 is 15.4 Å². The highest BCUT2D eigenvalue weighted by molar-refractivity contribution is 7.99. The van der Waals surface area contributed by atoms with Gasteiger partial charge in [0.2, 0.25) is 5.91 Å². The number of hydrogen-bond acceptors (Lipinski definition) is 6. The van der Waals surface area contributed by atoms with Crippen LogP contribution in [0.3, 0.4) is 0 Å². The summed E-state index contributed by atoms with van der Waals surface area (Å²) < 4.78 is 7.03. The van der Waals surface area contributed by atoms with Crippen LogP contribution in [0.25, 0.3) is 0 Å². The maximum Gasteiger partial charge on any atom is 0.251 e. The zero-order valence-electron chi connectivity index (χ0n) is 18.6. The van der Waals surface area contributed by atoms with Crippen molar-refractivity contribution in [1.82, 2.24) is 20.1 Å². The Labute approximate surface area is 191 Å². The fourth-order valence-corrected chi connectivity index (χ4v) is 3.97. The van der Waals surface area contributed by atoms with Gasteiger partial charge in [-0.2, -0.15) is 0 Å². The predicted molar refractivity (Wildman–Crippen MR) is 125 cm³/mol. The van der Waals surface area contributed by atoms with Crippen LogP contribution in [0.4, 0.5) is 5.69 Å². The lowest BCUT2D eigenvalue weighted by Gasteiger charge is -2.15. The van der Waals surface area contributed by atoms with Crippen molar-refractivity contribution in [3.63, 3.8) is 0 Å². The van der Waals surface area contributed by atoms with Crippen LogP contribution in [0.5, 0.6) is 5.75 Å². The molecule has 0 aliphatic carbocycles. The molecule has 3 aromatic rings. The molecule has 0 aliphatic rings. The number of thioether (sulfide) groups is 1. The van der Waals surface area contributed by atoms with Gasteiger partial charge in [0, 0.05) is 17.8 Å². The van der Waals surface area contributed by atoms with Crippen molar-refractivity contribution in [2.75, 3.05) is 18.2 Å². The van der Waals surface area contributed by atoms with Crippen LogP contribution in [-0.2, 0) is 11.3 Å². The molecule has 9 heteroatoms. The van der Waals surface area contributed by atoms with E-state index in [9.17, 15) is 9.59 Å². The molecule has 0 radical (unpaired) electrons. The number of benzene rings is 2.